The van der Waals surface area contributed by atoms with Crippen molar-refractivity contribution in [2.75, 3.05) is 12.2 Å². The highest BCUT2D eigenvalue weighted by Crippen LogP contribution is 2.35. The number of hydrazone groups is 1. The molecule has 0 aliphatic carbocycles. The first-order valence-corrected chi connectivity index (χ1v) is 8.46. The van der Waals surface area contributed by atoms with E-state index in [-0.39, 0.29) is 6.79 Å². The van der Waals surface area contributed by atoms with Crippen molar-refractivity contribution in [2.24, 2.45) is 5.10 Å². The van der Waals surface area contributed by atoms with Crippen molar-refractivity contribution in [1.29, 1.82) is 0 Å². The molecule has 7 heteroatoms. The van der Waals surface area contributed by atoms with Crippen LogP contribution >= 0.6 is 11.3 Å². The van der Waals surface area contributed by atoms with Crippen LogP contribution in [0.3, 0.4) is 0 Å². The molecule has 4 rings (SSSR count). The summed E-state index contributed by atoms with van der Waals surface area (Å²) >= 11 is 1.69. The van der Waals surface area contributed by atoms with Gasteiger partial charge in [0.15, 0.2) is 17.3 Å². The molecule has 1 aromatic carbocycles. The Hall–Kier alpha value is -2.67. The maximum Gasteiger partial charge on any atom is 0.231 e. The molecule has 24 heavy (non-hydrogen) atoms. The Kier molecular flexibility index (Phi) is 3.78. The maximum absolute atomic E-state index is 5.47. The van der Waals surface area contributed by atoms with Gasteiger partial charge in [-0.05, 0) is 24.1 Å². The summed E-state index contributed by atoms with van der Waals surface area (Å²) < 4.78 is 10.8. The summed E-state index contributed by atoms with van der Waals surface area (Å²) in [4.78, 5) is 10.9. The van der Waals surface area contributed by atoms with Crippen molar-refractivity contribution >= 4 is 33.6 Å². The minimum absolute atomic E-state index is 0.243. The Balaban J connectivity index is 1.60. The second-order valence-electron chi connectivity index (χ2n) is 5.70. The molecule has 1 N–H and O–H groups in total. The van der Waals surface area contributed by atoms with Crippen molar-refractivity contribution in [1.82, 2.24) is 9.97 Å². The van der Waals surface area contributed by atoms with E-state index < -0.39 is 0 Å². The van der Waals surface area contributed by atoms with Gasteiger partial charge in [-0.1, -0.05) is 19.9 Å². The number of benzene rings is 1. The van der Waals surface area contributed by atoms with Crippen molar-refractivity contribution < 1.29 is 9.47 Å². The Morgan fingerprint density at radius 2 is 2.21 bits per heavy atom. The second-order valence-corrected chi connectivity index (χ2v) is 6.76. The van der Waals surface area contributed by atoms with E-state index in [4.69, 9.17) is 9.47 Å². The molecule has 0 spiro atoms. The normalized spacial score (nSPS) is 13.3. The number of para-hydroxylation sites is 1. The summed E-state index contributed by atoms with van der Waals surface area (Å²) in [5, 5.41) is 5.28. The highest BCUT2D eigenvalue weighted by molar-refractivity contribution is 7.18. The fourth-order valence-electron chi connectivity index (χ4n) is 2.47. The highest BCUT2D eigenvalue weighted by atomic mass is 32.1. The molecule has 122 valence electrons. The van der Waals surface area contributed by atoms with Crippen LogP contribution < -0.4 is 14.9 Å². The molecule has 0 fully saturated rings. The number of ether oxygens (including phenoxy) is 2. The Morgan fingerprint density at radius 3 is 3.08 bits per heavy atom. The average molecular weight is 340 g/mol. The van der Waals surface area contributed by atoms with Crippen LogP contribution in [0.2, 0.25) is 0 Å². The van der Waals surface area contributed by atoms with Crippen LogP contribution in [0.15, 0.2) is 35.7 Å². The van der Waals surface area contributed by atoms with Crippen molar-refractivity contribution in [2.45, 2.75) is 19.8 Å². The lowest BCUT2D eigenvalue weighted by Crippen LogP contribution is -1.96. The van der Waals surface area contributed by atoms with E-state index in [9.17, 15) is 0 Å². The number of hydrogen-bond acceptors (Lipinski definition) is 7. The van der Waals surface area contributed by atoms with Crippen molar-refractivity contribution in [3.05, 3.63) is 41.0 Å². The van der Waals surface area contributed by atoms with E-state index in [1.807, 2.05) is 18.2 Å². The van der Waals surface area contributed by atoms with Gasteiger partial charge in [0.2, 0.25) is 6.79 Å². The fraction of sp³-hybridized carbons (Fsp3) is 0.235. The molecule has 2 aromatic heterocycles. The zero-order valence-corrected chi connectivity index (χ0v) is 14.1. The van der Waals surface area contributed by atoms with Crippen LogP contribution in [0, 0.1) is 0 Å². The Labute approximate surface area is 143 Å². The topological polar surface area (TPSA) is 68.6 Å². The van der Waals surface area contributed by atoms with E-state index in [0.29, 0.717) is 17.5 Å². The SMILES string of the molecule is CC(C)c1cc2c(N/N=C/c3cccc4c3OCO4)ncnc2s1. The molecule has 1 aliphatic rings. The van der Waals surface area contributed by atoms with E-state index in [2.05, 4.69) is 40.4 Å². The van der Waals surface area contributed by atoms with Crippen LogP contribution in [0.5, 0.6) is 11.5 Å². The van der Waals surface area contributed by atoms with E-state index in [1.165, 1.54) is 4.88 Å². The maximum atomic E-state index is 5.47. The molecule has 0 radical (unpaired) electrons. The quantitative estimate of drug-likeness (QED) is 0.574. The first kappa shape index (κ1) is 14.9. The zero-order valence-electron chi connectivity index (χ0n) is 13.3. The minimum Gasteiger partial charge on any atom is -0.454 e. The molecule has 3 aromatic rings. The number of fused-ring (bicyclic) bond motifs is 2. The number of anilines is 1. The zero-order chi connectivity index (χ0) is 16.5. The van der Waals surface area contributed by atoms with Gasteiger partial charge in [-0.15, -0.1) is 11.3 Å². The molecule has 0 bridgehead atoms. The number of nitrogens with one attached hydrogen (secondary N) is 1. The predicted molar refractivity (Wildman–Crippen MR) is 95.3 cm³/mol. The number of rotatable bonds is 4. The molecule has 1 aliphatic heterocycles. The molecule has 0 saturated heterocycles. The summed E-state index contributed by atoms with van der Waals surface area (Å²) in [5.41, 5.74) is 3.87. The average Bonchev–Trinajstić information content (AvgIpc) is 3.22. The van der Waals surface area contributed by atoms with Gasteiger partial charge >= 0.3 is 0 Å². The van der Waals surface area contributed by atoms with Crippen LogP contribution in [-0.2, 0) is 0 Å². The largest absolute Gasteiger partial charge is 0.454 e. The second kappa shape index (κ2) is 6.09. The summed E-state index contributed by atoms with van der Waals surface area (Å²) in [5.74, 6) is 2.62. The highest BCUT2D eigenvalue weighted by Gasteiger charge is 2.16. The Bertz CT molecular complexity index is 920. The van der Waals surface area contributed by atoms with Gasteiger partial charge < -0.3 is 9.47 Å². The van der Waals surface area contributed by atoms with Crippen LogP contribution in [0.4, 0.5) is 5.82 Å². The molecule has 3 heterocycles. The molecular formula is C17H16N4O2S. The van der Waals surface area contributed by atoms with Gasteiger partial charge in [-0.2, -0.15) is 5.10 Å². The van der Waals surface area contributed by atoms with Gasteiger partial charge in [0, 0.05) is 10.4 Å². The van der Waals surface area contributed by atoms with Crippen molar-refractivity contribution in [3.8, 4) is 11.5 Å². The third-order valence-corrected chi connectivity index (χ3v) is 5.06. The third kappa shape index (κ3) is 2.67. The van der Waals surface area contributed by atoms with Crippen LogP contribution in [0.25, 0.3) is 10.2 Å². The van der Waals surface area contributed by atoms with E-state index in [0.717, 1.165) is 21.5 Å². The first-order chi connectivity index (χ1) is 11.7. The van der Waals surface area contributed by atoms with E-state index >= 15 is 0 Å². The summed E-state index contributed by atoms with van der Waals surface area (Å²) in [6.07, 6.45) is 3.26. The first-order valence-electron chi connectivity index (χ1n) is 7.64. The predicted octanol–water partition coefficient (Wildman–Crippen LogP) is 3.99. The molecule has 6 nitrogen and oxygen atoms in total. The minimum atomic E-state index is 0.243. The smallest absolute Gasteiger partial charge is 0.231 e. The number of nitrogens with zero attached hydrogens (tertiary/aromatic N) is 3. The molecule has 0 amide bonds. The standard InChI is InChI=1S/C17H16N4O2S/c1-10(2)14-6-12-16(18-8-19-17(12)24-14)21-20-7-11-4-3-5-13-15(11)23-9-22-13/h3-8,10H,9H2,1-2H3,(H,18,19,21)/b20-7+. The Morgan fingerprint density at radius 1 is 1.29 bits per heavy atom. The van der Waals surface area contributed by atoms with Crippen LogP contribution in [0.1, 0.15) is 30.2 Å². The molecule has 0 saturated carbocycles. The van der Waals surface area contributed by atoms with Gasteiger partial charge in [-0.25, -0.2) is 9.97 Å². The molecule has 0 atom stereocenters. The number of thiophene rings is 1. The van der Waals surface area contributed by atoms with Crippen LogP contribution in [-0.4, -0.2) is 23.0 Å². The van der Waals surface area contributed by atoms with E-state index in [1.54, 1.807) is 23.9 Å². The number of aromatic nitrogens is 2. The third-order valence-electron chi connectivity index (χ3n) is 3.72. The fourth-order valence-corrected chi connectivity index (χ4v) is 3.47. The summed E-state index contributed by atoms with van der Waals surface area (Å²) in [6, 6.07) is 7.83. The summed E-state index contributed by atoms with van der Waals surface area (Å²) in [6.45, 7) is 4.58. The van der Waals surface area contributed by atoms with Gasteiger partial charge in [-0.3, -0.25) is 5.43 Å². The molecule has 0 unspecified atom stereocenters. The number of hydrogen-bond donors (Lipinski definition) is 1. The van der Waals surface area contributed by atoms with Gasteiger partial charge in [0.05, 0.1) is 11.6 Å². The van der Waals surface area contributed by atoms with Crippen molar-refractivity contribution in [3.63, 3.8) is 0 Å². The lowest BCUT2D eigenvalue weighted by Gasteiger charge is -2.02. The lowest BCUT2D eigenvalue weighted by atomic mass is 10.2. The van der Waals surface area contributed by atoms with Gasteiger partial charge in [0.1, 0.15) is 11.2 Å². The van der Waals surface area contributed by atoms with Gasteiger partial charge in [0.25, 0.3) is 0 Å². The molecular weight excluding hydrogens is 324 g/mol. The summed E-state index contributed by atoms with van der Waals surface area (Å²) in [7, 11) is 0. The lowest BCUT2D eigenvalue weighted by molar-refractivity contribution is 0.174. The monoisotopic (exact) mass is 340 g/mol.